The van der Waals surface area contributed by atoms with Crippen LogP contribution in [0.4, 0.5) is 0 Å². The zero-order chi connectivity index (χ0) is 11.1. The van der Waals surface area contributed by atoms with Crippen molar-refractivity contribution >= 4 is 0 Å². The van der Waals surface area contributed by atoms with Crippen molar-refractivity contribution < 1.29 is 0 Å². The van der Waals surface area contributed by atoms with Crippen molar-refractivity contribution in [3.8, 4) is 0 Å². The van der Waals surface area contributed by atoms with Crippen molar-refractivity contribution in [2.24, 2.45) is 5.92 Å². The third-order valence-corrected chi connectivity index (χ3v) is 3.90. The van der Waals surface area contributed by atoms with Crippen molar-refractivity contribution in [1.82, 2.24) is 10.2 Å². The van der Waals surface area contributed by atoms with Gasteiger partial charge >= 0.3 is 0 Å². The van der Waals surface area contributed by atoms with Crippen LogP contribution in [0.5, 0.6) is 0 Å². The van der Waals surface area contributed by atoms with Gasteiger partial charge < -0.3 is 10.2 Å². The summed E-state index contributed by atoms with van der Waals surface area (Å²) >= 11 is 0. The number of hydrogen-bond acceptors (Lipinski definition) is 2. The van der Waals surface area contributed by atoms with Gasteiger partial charge in [-0.3, -0.25) is 0 Å². The Morgan fingerprint density at radius 1 is 1.20 bits per heavy atom. The molecular formula is C13H28N2. The summed E-state index contributed by atoms with van der Waals surface area (Å²) in [6, 6.07) is 0.725. The molecule has 1 saturated carbocycles. The van der Waals surface area contributed by atoms with Crippen LogP contribution < -0.4 is 5.32 Å². The molecule has 1 aliphatic rings. The molecule has 0 aromatic rings. The molecule has 1 rings (SSSR count). The molecule has 2 nitrogen and oxygen atoms in total. The fraction of sp³-hybridized carbons (Fsp3) is 1.00. The molecule has 0 spiro atoms. The highest BCUT2D eigenvalue weighted by atomic mass is 15.1. The predicted molar refractivity (Wildman–Crippen MR) is 67.2 cm³/mol. The molecule has 0 heterocycles. The molecule has 0 bridgehead atoms. The summed E-state index contributed by atoms with van der Waals surface area (Å²) in [6.45, 7) is 11.5. The lowest BCUT2D eigenvalue weighted by Crippen LogP contribution is -2.38. The largest absolute Gasteiger partial charge is 0.313 e. The topological polar surface area (TPSA) is 15.3 Å². The van der Waals surface area contributed by atoms with E-state index in [1.54, 1.807) is 0 Å². The third-order valence-electron chi connectivity index (χ3n) is 3.90. The molecule has 0 amide bonds. The Bertz CT molecular complexity index is 149. The minimum absolute atomic E-state index is 0.725. The smallest absolute Gasteiger partial charge is 0.0107 e. The van der Waals surface area contributed by atoms with Gasteiger partial charge in [-0.1, -0.05) is 26.7 Å². The van der Waals surface area contributed by atoms with Gasteiger partial charge in [-0.15, -0.1) is 0 Å². The van der Waals surface area contributed by atoms with E-state index in [1.165, 1.54) is 45.3 Å². The van der Waals surface area contributed by atoms with Crippen LogP contribution >= 0.6 is 0 Å². The Morgan fingerprint density at radius 2 is 1.80 bits per heavy atom. The molecule has 1 atom stereocenters. The number of nitrogens with one attached hydrogen (secondary N) is 1. The van der Waals surface area contributed by atoms with Crippen LogP contribution in [-0.4, -0.2) is 37.1 Å². The molecular weight excluding hydrogens is 184 g/mol. The second-order valence-corrected chi connectivity index (χ2v) is 4.81. The molecule has 2 heteroatoms. The first-order chi connectivity index (χ1) is 7.27. The molecule has 15 heavy (non-hydrogen) atoms. The summed E-state index contributed by atoms with van der Waals surface area (Å²) in [4.78, 5) is 2.48. The van der Waals surface area contributed by atoms with Crippen LogP contribution in [0, 0.1) is 5.92 Å². The second-order valence-electron chi connectivity index (χ2n) is 4.81. The van der Waals surface area contributed by atoms with Crippen molar-refractivity contribution in [3.05, 3.63) is 0 Å². The summed E-state index contributed by atoms with van der Waals surface area (Å²) in [5, 5.41) is 3.68. The lowest BCUT2D eigenvalue weighted by Gasteiger charge is -2.23. The molecule has 1 aliphatic carbocycles. The van der Waals surface area contributed by atoms with E-state index in [0.717, 1.165) is 18.5 Å². The quantitative estimate of drug-likeness (QED) is 0.697. The first kappa shape index (κ1) is 13.0. The molecule has 0 aromatic heterocycles. The molecule has 0 unspecified atom stereocenters. The number of hydrogen-bond donors (Lipinski definition) is 1. The Kier molecular flexibility index (Phi) is 6.26. The Labute approximate surface area is 95.4 Å². The predicted octanol–water partition coefficient (Wildman–Crippen LogP) is 2.50. The van der Waals surface area contributed by atoms with Gasteiger partial charge in [0.05, 0.1) is 0 Å². The lowest BCUT2D eigenvalue weighted by molar-refractivity contribution is 0.285. The highest BCUT2D eigenvalue weighted by molar-refractivity contribution is 4.77. The summed E-state index contributed by atoms with van der Waals surface area (Å²) in [6.07, 6.45) is 5.79. The van der Waals surface area contributed by atoms with Gasteiger partial charge in [-0.05, 0) is 38.8 Å². The summed E-state index contributed by atoms with van der Waals surface area (Å²) in [7, 11) is 0. The maximum Gasteiger partial charge on any atom is 0.0107 e. The fourth-order valence-electron chi connectivity index (χ4n) is 2.61. The van der Waals surface area contributed by atoms with Gasteiger partial charge in [-0.2, -0.15) is 0 Å². The third kappa shape index (κ3) is 4.52. The van der Waals surface area contributed by atoms with Crippen molar-refractivity contribution in [2.45, 2.75) is 52.5 Å². The zero-order valence-electron chi connectivity index (χ0n) is 10.8. The minimum Gasteiger partial charge on any atom is -0.313 e. The van der Waals surface area contributed by atoms with Gasteiger partial charge in [-0.25, -0.2) is 0 Å². The van der Waals surface area contributed by atoms with E-state index in [4.69, 9.17) is 0 Å². The Hall–Kier alpha value is -0.0800. The fourth-order valence-corrected chi connectivity index (χ4v) is 2.61. The summed E-state index contributed by atoms with van der Waals surface area (Å²) in [5.41, 5.74) is 0. The minimum atomic E-state index is 0.725. The van der Waals surface area contributed by atoms with Gasteiger partial charge in [0.2, 0.25) is 0 Å². The molecule has 1 fully saturated rings. The van der Waals surface area contributed by atoms with Gasteiger partial charge in [0.15, 0.2) is 0 Å². The molecule has 0 radical (unpaired) electrons. The Morgan fingerprint density at radius 3 is 2.33 bits per heavy atom. The maximum absolute atomic E-state index is 3.68. The Balaban J connectivity index is 2.07. The van der Waals surface area contributed by atoms with Crippen LogP contribution in [0.2, 0.25) is 0 Å². The van der Waals surface area contributed by atoms with Crippen LogP contribution in [0.25, 0.3) is 0 Å². The van der Waals surface area contributed by atoms with E-state index in [1.807, 2.05) is 0 Å². The number of rotatable bonds is 7. The highest BCUT2D eigenvalue weighted by Crippen LogP contribution is 2.27. The van der Waals surface area contributed by atoms with Crippen LogP contribution in [0.15, 0.2) is 0 Å². The summed E-state index contributed by atoms with van der Waals surface area (Å²) < 4.78 is 0. The van der Waals surface area contributed by atoms with Crippen LogP contribution in [-0.2, 0) is 0 Å². The standard InChI is InChI=1S/C13H28N2/c1-4-15(5-2)11-10-14-12(3)13-8-6-7-9-13/h12-14H,4-11H2,1-3H3/t12-/m1/s1. The number of nitrogens with zero attached hydrogens (tertiary/aromatic N) is 1. The van der Waals surface area contributed by atoms with E-state index in [9.17, 15) is 0 Å². The first-order valence-electron chi connectivity index (χ1n) is 6.73. The monoisotopic (exact) mass is 212 g/mol. The van der Waals surface area contributed by atoms with Gasteiger partial charge in [0, 0.05) is 19.1 Å². The van der Waals surface area contributed by atoms with E-state index >= 15 is 0 Å². The van der Waals surface area contributed by atoms with Crippen LogP contribution in [0.1, 0.15) is 46.5 Å². The van der Waals surface area contributed by atoms with Crippen molar-refractivity contribution in [3.63, 3.8) is 0 Å². The van der Waals surface area contributed by atoms with Crippen molar-refractivity contribution in [2.75, 3.05) is 26.2 Å². The zero-order valence-corrected chi connectivity index (χ0v) is 10.8. The van der Waals surface area contributed by atoms with E-state index < -0.39 is 0 Å². The summed E-state index contributed by atoms with van der Waals surface area (Å²) in [5.74, 6) is 0.946. The van der Waals surface area contributed by atoms with E-state index in [0.29, 0.717) is 0 Å². The molecule has 90 valence electrons. The van der Waals surface area contributed by atoms with E-state index in [2.05, 4.69) is 31.0 Å². The maximum atomic E-state index is 3.68. The first-order valence-corrected chi connectivity index (χ1v) is 6.73. The highest BCUT2D eigenvalue weighted by Gasteiger charge is 2.20. The van der Waals surface area contributed by atoms with Crippen LogP contribution in [0.3, 0.4) is 0 Å². The second kappa shape index (κ2) is 7.24. The average molecular weight is 212 g/mol. The van der Waals surface area contributed by atoms with Gasteiger partial charge in [0.25, 0.3) is 0 Å². The molecule has 0 aromatic carbocycles. The molecule has 0 aliphatic heterocycles. The molecule has 1 N–H and O–H groups in total. The lowest BCUT2D eigenvalue weighted by atomic mass is 10.00. The molecule has 0 saturated heterocycles. The van der Waals surface area contributed by atoms with Crippen molar-refractivity contribution in [1.29, 1.82) is 0 Å². The SMILES string of the molecule is CCN(CC)CCN[C@H](C)C1CCCC1. The normalized spacial score (nSPS) is 20.0. The number of likely N-dealkylation sites (N-methyl/N-ethyl adjacent to an activating group) is 1. The van der Waals surface area contributed by atoms with Gasteiger partial charge in [0.1, 0.15) is 0 Å². The average Bonchev–Trinajstić information content (AvgIpc) is 2.77. The van der Waals surface area contributed by atoms with E-state index in [-0.39, 0.29) is 0 Å².